The number of ketones is 2. The zero-order chi connectivity index (χ0) is 26.9. The summed E-state index contributed by atoms with van der Waals surface area (Å²) in [6.07, 6.45) is 9.85. The summed E-state index contributed by atoms with van der Waals surface area (Å²) in [5.74, 6) is -1.16. The van der Waals surface area contributed by atoms with E-state index < -0.39 is 41.5 Å². The summed E-state index contributed by atoms with van der Waals surface area (Å²) in [5, 5.41) is 40.0. The van der Waals surface area contributed by atoms with Gasteiger partial charge in [0.15, 0.2) is 11.6 Å². The first-order valence-electron chi connectivity index (χ1n) is 13.0. The van der Waals surface area contributed by atoms with E-state index in [2.05, 4.69) is 6.92 Å². The molecule has 202 valence electrons. The maximum absolute atomic E-state index is 12.4. The molecule has 4 aliphatic rings. The molecule has 3 fully saturated rings. The van der Waals surface area contributed by atoms with Gasteiger partial charge in [-0.3, -0.25) is 14.4 Å². The maximum atomic E-state index is 12.4. The van der Waals surface area contributed by atoms with Crippen LogP contribution in [0.3, 0.4) is 0 Å². The molecule has 36 heavy (non-hydrogen) atoms. The lowest BCUT2D eigenvalue weighted by Gasteiger charge is -2.59. The smallest absolute Gasteiger partial charge is 0.320 e. The average Bonchev–Trinajstić information content (AvgIpc) is 3.10. The highest BCUT2D eigenvalue weighted by atomic mass is 16.4. The standard InChI is InChI=1S/C21H28O5.C6H14N2O2/c1-19-7-5-13(23)9-12(19)3-4-14-15-6-8-21(26,17(25)11-22)20(15,2)10-16(24)18(14)19;7-4-2-1-3-5(8)6(9)10/h5,7,9,14-16,18,22,24,26H,3-4,6,8,10-11H2,1-2H3;5H,1-4,7-8H2,(H,9,10)/t14-,15-,16-,18+,19-,20-,21-;/m0./s1. The second-order valence-corrected chi connectivity index (χ2v) is 11.4. The van der Waals surface area contributed by atoms with E-state index in [1.165, 1.54) is 0 Å². The van der Waals surface area contributed by atoms with Crippen molar-refractivity contribution in [2.75, 3.05) is 13.2 Å². The molecule has 1 unspecified atom stereocenters. The lowest BCUT2D eigenvalue weighted by molar-refractivity contribution is -0.178. The summed E-state index contributed by atoms with van der Waals surface area (Å²) in [6.45, 7) is 3.95. The molecule has 0 bridgehead atoms. The van der Waals surface area contributed by atoms with Crippen molar-refractivity contribution < 1.29 is 34.8 Å². The number of rotatable bonds is 7. The fourth-order valence-electron chi connectivity index (χ4n) is 7.55. The quantitative estimate of drug-likeness (QED) is 0.275. The van der Waals surface area contributed by atoms with Crippen LogP contribution >= 0.6 is 0 Å². The van der Waals surface area contributed by atoms with E-state index >= 15 is 0 Å². The molecule has 9 nitrogen and oxygen atoms in total. The van der Waals surface area contributed by atoms with Crippen LogP contribution in [-0.2, 0) is 14.4 Å². The predicted octanol–water partition coefficient (Wildman–Crippen LogP) is 1.08. The van der Waals surface area contributed by atoms with E-state index in [0.29, 0.717) is 25.8 Å². The number of hydrogen-bond acceptors (Lipinski definition) is 8. The Bertz CT molecular complexity index is 933. The Balaban J connectivity index is 0.000000308. The molecular weight excluding hydrogens is 464 g/mol. The molecule has 0 aromatic carbocycles. The van der Waals surface area contributed by atoms with Crippen molar-refractivity contribution in [1.82, 2.24) is 0 Å². The molecule has 0 spiro atoms. The highest BCUT2D eigenvalue weighted by Crippen LogP contribution is 2.67. The number of carbonyl (C=O) groups excluding carboxylic acids is 2. The van der Waals surface area contributed by atoms with E-state index in [1.54, 1.807) is 12.2 Å². The first kappa shape index (κ1) is 28.7. The lowest BCUT2D eigenvalue weighted by atomic mass is 9.46. The molecule has 8 N–H and O–H groups in total. The SMILES string of the molecule is C[C@]12C=CC(=O)C=C1CC[C@@H]1[C@@H]2[C@@H](O)C[C@@]2(C)[C@H]1CC[C@]2(O)C(=O)CO.NCCCCC(N)C(=O)O. The molecular formula is C27H42N2O7. The topological polar surface area (TPSA) is 184 Å². The van der Waals surface area contributed by atoms with Crippen LogP contribution in [0.25, 0.3) is 0 Å². The van der Waals surface area contributed by atoms with Crippen LogP contribution in [0.4, 0.5) is 0 Å². The van der Waals surface area contributed by atoms with Crippen molar-refractivity contribution >= 4 is 17.5 Å². The number of fused-ring (bicyclic) bond motifs is 5. The number of carboxylic acid groups (broad SMARTS) is 1. The van der Waals surface area contributed by atoms with Crippen LogP contribution in [0, 0.1) is 28.6 Å². The Morgan fingerprint density at radius 2 is 1.92 bits per heavy atom. The van der Waals surface area contributed by atoms with Gasteiger partial charge in [0.25, 0.3) is 0 Å². The molecule has 0 radical (unpaired) electrons. The van der Waals surface area contributed by atoms with Crippen molar-refractivity contribution in [2.24, 2.45) is 40.1 Å². The largest absolute Gasteiger partial charge is 0.480 e. The minimum Gasteiger partial charge on any atom is -0.480 e. The molecule has 9 heteroatoms. The second kappa shape index (κ2) is 10.8. The number of carboxylic acids is 1. The maximum Gasteiger partial charge on any atom is 0.320 e. The number of hydrogen-bond donors (Lipinski definition) is 6. The van der Waals surface area contributed by atoms with Gasteiger partial charge in [-0.2, -0.15) is 0 Å². The van der Waals surface area contributed by atoms with Crippen molar-refractivity contribution in [3.8, 4) is 0 Å². The Labute approximate surface area is 212 Å². The van der Waals surface area contributed by atoms with Gasteiger partial charge >= 0.3 is 5.97 Å². The van der Waals surface area contributed by atoms with Crippen molar-refractivity contribution in [3.63, 3.8) is 0 Å². The van der Waals surface area contributed by atoms with Crippen LogP contribution in [0.2, 0.25) is 0 Å². The normalized spacial score (nSPS) is 39.6. The van der Waals surface area contributed by atoms with Crippen LogP contribution in [0.1, 0.15) is 65.2 Å². The second-order valence-electron chi connectivity index (χ2n) is 11.4. The van der Waals surface area contributed by atoms with Crippen LogP contribution < -0.4 is 11.5 Å². The molecule has 0 saturated heterocycles. The van der Waals surface area contributed by atoms with Crippen molar-refractivity contribution in [3.05, 3.63) is 23.8 Å². The molecule has 4 aliphatic carbocycles. The monoisotopic (exact) mass is 506 g/mol. The van der Waals surface area contributed by atoms with Crippen molar-refractivity contribution in [2.45, 2.75) is 83.0 Å². The summed E-state index contributed by atoms with van der Waals surface area (Å²) in [4.78, 5) is 34.3. The minimum atomic E-state index is -1.56. The van der Waals surface area contributed by atoms with Gasteiger partial charge < -0.3 is 31.9 Å². The van der Waals surface area contributed by atoms with Crippen LogP contribution in [0.15, 0.2) is 23.8 Å². The zero-order valence-electron chi connectivity index (χ0n) is 21.4. The van der Waals surface area contributed by atoms with Crippen LogP contribution in [0.5, 0.6) is 0 Å². The number of nitrogens with two attached hydrogens (primary N) is 2. The summed E-state index contributed by atoms with van der Waals surface area (Å²) in [6, 6.07) is -0.716. The molecule has 0 aromatic rings. The molecule has 4 rings (SSSR count). The van der Waals surface area contributed by atoms with E-state index in [1.807, 2.05) is 13.0 Å². The summed E-state index contributed by atoms with van der Waals surface area (Å²) >= 11 is 0. The summed E-state index contributed by atoms with van der Waals surface area (Å²) in [7, 11) is 0. The number of unbranched alkanes of at least 4 members (excludes halogenated alkanes) is 1. The van der Waals surface area contributed by atoms with E-state index in [4.69, 9.17) is 16.6 Å². The number of aliphatic hydroxyl groups is 3. The Morgan fingerprint density at radius 1 is 1.22 bits per heavy atom. The Hall–Kier alpha value is -1.91. The third-order valence-corrected chi connectivity index (χ3v) is 9.54. The van der Waals surface area contributed by atoms with Gasteiger partial charge in [0.05, 0.1) is 6.10 Å². The highest BCUT2D eigenvalue weighted by molar-refractivity contribution is 6.01. The lowest BCUT2D eigenvalue weighted by Crippen LogP contribution is -2.61. The zero-order valence-corrected chi connectivity index (χ0v) is 21.4. The molecule has 0 aliphatic heterocycles. The van der Waals surface area contributed by atoms with E-state index in [9.17, 15) is 29.7 Å². The van der Waals surface area contributed by atoms with Gasteiger partial charge in [0.1, 0.15) is 18.2 Å². The minimum absolute atomic E-state index is 0.00912. The van der Waals surface area contributed by atoms with Crippen molar-refractivity contribution in [1.29, 1.82) is 0 Å². The van der Waals surface area contributed by atoms with E-state index in [0.717, 1.165) is 37.7 Å². The number of aliphatic carboxylic acids is 1. The van der Waals surface area contributed by atoms with Gasteiger partial charge in [-0.1, -0.05) is 31.9 Å². The van der Waals surface area contributed by atoms with Gasteiger partial charge in [-0.15, -0.1) is 0 Å². The number of allylic oxidation sites excluding steroid dienone is 4. The van der Waals surface area contributed by atoms with Gasteiger partial charge in [0, 0.05) is 16.7 Å². The summed E-state index contributed by atoms with van der Waals surface area (Å²) in [5.41, 5.74) is 8.88. The first-order chi connectivity index (χ1) is 16.9. The van der Waals surface area contributed by atoms with Gasteiger partial charge in [-0.05, 0) is 75.5 Å². The van der Waals surface area contributed by atoms with E-state index in [-0.39, 0.29) is 29.0 Å². The fourth-order valence-corrected chi connectivity index (χ4v) is 7.55. The number of aliphatic hydroxyl groups excluding tert-OH is 2. The number of Topliss-reactive ketones (excluding diaryl/α,β-unsaturated/α-hetero) is 1. The summed E-state index contributed by atoms with van der Waals surface area (Å²) < 4.78 is 0. The van der Waals surface area contributed by atoms with Crippen LogP contribution in [-0.4, -0.2) is 68.9 Å². The molecule has 0 aromatic heterocycles. The Kier molecular flexibility index (Phi) is 8.62. The highest BCUT2D eigenvalue weighted by Gasteiger charge is 2.67. The Morgan fingerprint density at radius 3 is 2.53 bits per heavy atom. The van der Waals surface area contributed by atoms with Gasteiger partial charge in [-0.25, -0.2) is 0 Å². The average molecular weight is 507 g/mol. The van der Waals surface area contributed by atoms with Gasteiger partial charge in [0.2, 0.25) is 0 Å². The number of carbonyl (C=O) groups is 3. The molecule has 3 saturated carbocycles. The predicted molar refractivity (Wildman–Crippen MR) is 134 cm³/mol. The first-order valence-corrected chi connectivity index (χ1v) is 13.0. The third-order valence-electron chi connectivity index (χ3n) is 9.54. The molecule has 0 heterocycles. The molecule has 0 amide bonds. The molecule has 8 atom stereocenters. The third kappa shape index (κ3) is 4.84. The fraction of sp³-hybridized carbons (Fsp3) is 0.741.